The van der Waals surface area contributed by atoms with Gasteiger partial charge < -0.3 is 14.2 Å². The molecule has 0 unspecified atom stereocenters. The van der Waals surface area contributed by atoms with E-state index in [1.807, 2.05) is 10.7 Å². The zero-order chi connectivity index (χ0) is 13.7. The molecule has 1 heterocycles. The lowest BCUT2D eigenvalue weighted by molar-refractivity contribution is 0.0380. The lowest BCUT2D eigenvalue weighted by Crippen LogP contribution is -2.12. The molecule has 0 saturated heterocycles. The molecule has 0 spiro atoms. The molecule has 1 aliphatic rings. The fourth-order valence-electron chi connectivity index (χ4n) is 1.89. The Morgan fingerprint density at radius 1 is 1.32 bits per heavy atom. The summed E-state index contributed by atoms with van der Waals surface area (Å²) in [6, 6.07) is 1.84. The number of rotatable bonds is 8. The smallest absolute Gasteiger partial charge is 0.358 e. The van der Waals surface area contributed by atoms with Crippen molar-refractivity contribution in [2.45, 2.75) is 25.3 Å². The Morgan fingerprint density at radius 2 is 2.05 bits per heavy atom. The highest BCUT2D eigenvalue weighted by Crippen LogP contribution is 2.40. The first kappa shape index (κ1) is 14.0. The molecule has 1 aromatic rings. The third kappa shape index (κ3) is 3.78. The summed E-state index contributed by atoms with van der Waals surface area (Å²) in [4.78, 5) is 11.8. The molecule has 6 nitrogen and oxygen atoms in total. The number of nitrogens with zero attached hydrogens (tertiary/aromatic N) is 2. The van der Waals surface area contributed by atoms with Crippen LogP contribution in [0.3, 0.4) is 0 Å². The first-order valence-corrected chi connectivity index (χ1v) is 6.49. The van der Waals surface area contributed by atoms with Crippen molar-refractivity contribution < 1.29 is 19.0 Å². The van der Waals surface area contributed by atoms with Gasteiger partial charge in [-0.1, -0.05) is 0 Å². The zero-order valence-electron chi connectivity index (χ0n) is 11.4. The predicted octanol–water partition coefficient (Wildman–Crippen LogP) is 1.21. The van der Waals surface area contributed by atoms with E-state index < -0.39 is 5.97 Å². The quantitative estimate of drug-likeness (QED) is 0.524. The van der Waals surface area contributed by atoms with E-state index in [0.29, 0.717) is 31.4 Å². The van der Waals surface area contributed by atoms with Crippen LogP contribution in [0.5, 0.6) is 0 Å². The van der Waals surface area contributed by atoms with Crippen molar-refractivity contribution in [3.05, 3.63) is 17.5 Å². The summed E-state index contributed by atoms with van der Waals surface area (Å²) in [5, 5.41) is 4.31. The Morgan fingerprint density at radius 3 is 2.68 bits per heavy atom. The van der Waals surface area contributed by atoms with Crippen LogP contribution >= 0.6 is 0 Å². The van der Waals surface area contributed by atoms with E-state index in [1.165, 1.54) is 0 Å². The van der Waals surface area contributed by atoms with Gasteiger partial charge in [0.05, 0.1) is 19.8 Å². The fourth-order valence-corrected chi connectivity index (χ4v) is 1.89. The highest BCUT2D eigenvalue weighted by Gasteiger charge is 2.29. The number of carbonyl (C=O) groups is 1. The van der Waals surface area contributed by atoms with Gasteiger partial charge in [-0.25, -0.2) is 4.79 Å². The number of aromatic nitrogens is 2. The number of methoxy groups -OCH3 is 2. The van der Waals surface area contributed by atoms with E-state index in [2.05, 4.69) is 5.10 Å². The summed E-state index contributed by atoms with van der Waals surface area (Å²) in [6.07, 6.45) is 2.33. The Bertz CT molecular complexity index is 426. The van der Waals surface area contributed by atoms with E-state index >= 15 is 0 Å². The molecule has 0 radical (unpaired) electrons. The molecule has 0 aromatic carbocycles. The van der Waals surface area contributed by atoms with Crippen LogP contribution in [0.15, 0.2) is 6.07 Å². The van der Waals surface area contributed by atoms with Crippen molar-refractivity contribution in [2.75, 3.05) is 34.0 Å². The van der Waals surface area contributed by atoms with Gasteiger partial charge in [-0.05, 0) is 18.9 Å². The maximum Gasteiger partial charge on any atom is 0.358 e. The maximum atomic E-state index is 11.8. The molecule has 1 aromatic heterocycles. The highest BCUT2D eigenvalue weighted by atomic mass is 16.6. The van der Waals surface area contributed by atoms with Crippen molar-refractivity contribution in [3.63, 3.8) is 0 Å². The van der Waals surface area contributed by atoms with Gasteiger partial charge in [0.1, 0.15) is 6.61 Å². The number of esters is 1. The van der Waals surface area contributed by atoms with Crippen LogP contribution in [0.25, 0.3) is 0 Å². The molecule has 2 rings (SSSR count). The molecule has 0 aliphatic heterocycles. The maximum absolute atomic E-state index is 11.8. The largest absolute Gasteiger partial charge is 0.458 e. The number of ether oxygens (including phenoxy) is 3. The van der Waals surface area contributed by atoms with Gasteiger partial charge in [0.25, 0.3) is 0 Å². The van der Waals surface area contributed by atoms with Crippen molar-refractivity contribution >= 4 is 5.97 Å². The van der Waals surface area contributed by atoms with Crippen molar-refractivity contribution in [2.24, 2.45) is 0 Å². The minimum atomic E-state index is -0.393. The van der Waals surface area contributed by atoms with Gasteiger partial charge in [-0.15, -0.1) is 0 Å². The van der Waals surface area contributed by atoms with Gasteiger partial charge in [0, 0.05) is 25.8 Å². The minimum absolute atomic E-state index is 0.249. The van der Waals surface area contributed by atoms with Crippen LogP contribution in [-0.2, 0) is 20.8 Å². The first-order chi connectivity index (χ1) is 9.26. The highest BCUT2D eigenvalue weighted by molar-refractivity contribution is 5.87. The molecular weight excluding hydrogens is 248 g/mol. The summed E-state index contributed by atoms with van der Waals surface area (Å²) >= 11 is 0. The molecule has 19 heavy (non-hydrogen) atoms. The molecule has 0 N–H and O–H groups in total. The average molecular weight is 268 g/mol. The Balaban J connectivity index is 2.01. The normalized spacial score (nSPS) is 14.6. The standard InChI is InChI=1S/C13H20N2O4/c1-17-6-5-15-12(10-3-4-10)9-11(14-15)13(16)19-8-7-18-2/h9-10H,3-8H2,1-2H3. The Kier molecular flexibility index (Phi) is 4.93. The van der Waals surface area contributed by atoms with Crippen molar-refractivity contribution in [1.82, 2.24) is 9.78 Å². The zero-order valence-corrected chi connectivity index (χ0v) is 11.4. The topological polar surface area (TPSA) is 62.6 Å². The van der Waals surface area contributed by atoms with Gasteiger partial charge in [-0.2, -0.15) is 5.10 Å². The van der Waals surface area contributed by atoms with Gasteiger partial charge in [0.2, 0.25) is 0 Å². The van der Waals surface area contributed by atoms with E-state index in [0.717, 1.165) is 18.5 Å². The van der Waals surface area contributed by atoms with Crippen LogP contribution in [0.2, 0.25) is 0 Å². The average Bonchev–Trinajstić information content (AvgIpc) is 3.17. The minimum Gasteiger partial charge on any atom is -0.458 e. The second-order valence-electron chi connectivity index (χ2n) is 4.57. The van der Waals surface area contributed by atoms with Crippen molar-refractivity contribution in [1.29, 1.82) is 0 Å². The van der Waals surface area contributed by atoms with Crippen LogP contribution in [-0.4, -0.2) is 49.8 Å². The molecule has 0 bridgehead atoms. The number of carbonyl (C=O) groups excluding carboxylic acids is 1. The van der Waals surface area contributed by atoms with E-state index in [9.17, 15) is 4.79 Å². The summed E-state index contributed by atoms with van der Waals surface area (Å²) in [5.41, 5.74) is 1.48. The number of hydrogen-bond acceptors (Lipinski definition) is 5. The second kappa shape index (κ2) is 6.68. The Labute approximate surface area is 112 Å². The van der Waals surface area contributed by atoms with E-state index in [1.54, 1.807) is 14.2 Å². The lowest BCUT2D eigenvalue weighted by atomic mass is 10.2. The molecular formula is C13H20N2O4. The molecule has 0 atom stereocenters. The third-order valence-electron chi connectivity index (χ3n) is 3.04. The molecule has 6 heteroatoms. The van der Waals surface area contributed by atoms with Crippen LogP contribution < -0.4 is 0 Å². The first-order valence-electron chi connectivity index (χ1n) is 6.49. The predicted molar refractivity (Wildman–Crippen MR) is 68.2 cm³/mol. The Hall–Kier alpha value is -1.40. The third-order valence-corrected chi connectivity index (χ3v) is 3.04. The lowest BCUT2D eigenvalue weighted by Gasteiger charge is -2.04. The molecule has 1 aliphatic carbocycles. The van der Waals surface area contributed by atoms with Crippen LogP contribution in [0, 0.1) is 0 Å². The molecule has 106 valence electrons. The molecule has 0 amide bonds. The van der Waals surface area contributed by atoms with E-state index in [-0.39, 0.29) is 6.61 Å². The summed E-state index contributed by atoms with van der Waals surface area (Å²) in [7, 11) is 3.22. The SMILES string of the molecule is COCCOC(=O)c1cc(C2CC2)n(CCOC)n1. The fraction of sp³-hybridized carbons (Fsp3) is 0.692. The van der Waals surface area contributed by atoms with Crippen LogP contribution in [0.1, 0.15) is 34.9 Å². The van der Waals surface area contributed by atoms with Crippen molar-refractivity contribution in [3.8, 4) is 0 Å². The van der Waals surface area contributed by atoms with Crippen LogP contribution in [0.4, 0.5) is 0 Å². The summed E-state index contributed by atoms with van der Waals surface area (Å²) in [6.45, 7) is 1.89. The monoisotopic (exact) mass is 268 g/mol. The molecule has 1 fully saturated rings. The van der Waals surface area contributed by atoms with Gasteiger partial charge in [-0.3, -0.25) is 4.68 Å². The van der Waals surface area contributed by atoms with Gasteiger partial charge in [0.15, 0.2) is 5.69 Å². The number of hydrogen-bond donors (Lipinski definition) is 0. The summed E-state index contributed by atoms with van der Waals surface area (Å²) in [5.74, 6) is 0.139. The van der Waals surface area contributed by atoms with Gasteiger partial charge >= 0.3 is 5.97 Å². The molecule has 1 saturated carbocycles. The summed E-state index contributed by atoms with van der Waals surface area (Å²) < 4.78 is 16.8. The van der Waals surface area contributed by atoms with E-state index in [4.69, 9.17) is 14.2 Å². The second-order valence-corrected chi connectivity index (χ2v) is 4.57.